The highest BCUT2D eigenvalue weighted by molar-refractivity contribution is 7.25. The first-order chi connectivity index (χ1) is 10.8. The van der Waals surface area contributed by atoms with Crippen LogP contribution in [0.25, 0.3) is 20.2 Å². The van der Waals surface area contributed by atoms with E-state index in [0.717, 1.165) is 26.7 Å². The number of para-hydroxylation sites is 1. The summed E-state index contributed by atoms with van der Waals surface area (Å²) in [5.41, 5.74) is 1.53. The van der Waals surface area contributed by atoms with E-state index in [4.69, 9.17) is 0 Å². The Kier molecular flexibility index (Phi) is 3.13. The van der Waals surface area contributed by atoms with Gasteiger partial charge in [-0.05, 0) is 30.3 Å². The number of thiophene rings is 1. The van der Waals surface area contributed by atoms with Gasteiger partial charge in [0, 0.05) is 31.4 Å². The maximum Gasteiger partial charge on any atom is 0.256 e. The van der Waals surface area contributed by atoms with Crippen molar-refractivity contribution in [3.63, 3.8) is 0 Å². The Balaban J connectivity index is 1.86. The second-order valence-corrected chi connectivity index (χ2v) is 6.18. The minimum Gasteiger partial charge on any atom is -0.322 e. The van der Waals surface area contributed by atoms with Crippen molar-refractivity contribution in [1.82, 2.24) is 0 Å². The monoisotopic (exact) mass is 303 g/mol. The van der Waals surface area contributed by atoms with Gasteiger partial charge in [-0.1, -0.05) is 42.5 Å². The van der Waals surface area contributed by atoms with Crippen molar-refractivity contribution in [3.8, 4) is 0 Å². The van der Waals surface area contributed by atoms with Crippen molar-refractivity contribution in [2.45, 2.75) is 0 Å². The van der Waals surface area contributed by atoms with Crippen molar-refractivity contribution in [2.24, 2.45) is 0 Å². The first kappa shape index (κ1) is 13.0. The molecular formula is C19H13NOS. The van der Waals surface area contributed by atoms with Crippen molar-refractivity contribution in [1.29, 1.82) is 0 Å². The normalized spacial score (nSPS) is 10.9. The zero-order chi connectivity index (χ0) is 14.9. The number of fused-ring (bicyclic) bond motifs is 3. The van der Waals surface area contributed by atoms with E-state index in [2.05, 4.69) is 23.5 Å². The number of hydrogen-bond donors (Lipinski definition) is 1. The molecular weight excluding hydrogens is 290 g/mol. The number of carbonyl (C=O) groups excluding carboxylic acids is 1. The van der Waals surface area contributed by atoms with Crippen molar-refractivity contribution in [2.75, 3.05) is 5.32 Å². The van der Waals surface area contributed by atoms with Gasteiger partial charge >= 0.3 is 0 Å². The Hall–Kier alpha value is -2.65. The number of rotatable bonds is 2. The molecule has 0 saturated carbocycles. The van der Waals surface area contributed by atoms with E-state index in [1.807, 2.05) is 54.6 Å². The maximum absolute atomic E-state index is 12.7. The predicted octanol–water partition coefficient (Wildman–Crippen LogP) is 5.31. The molecule has 0 atom stereocenters. The van der Waals surface area contributed by atoms with Crippen LogP contribution in [0.15, 0.2) is 72.8 Å². The van der Waals surface area contributed by atoms with E-state index in [1.165, 1.54) is 4.70 Å². The molecule has 3 heteroatoms. The minimum absolute atomic E-state index is 0.0691. The van der Waals surface area contributed by atoms with E-state index in [1.54, 1.807) is 11.3 Å². The topological polar surface area (TPSA) is 29.1 Å². The molecule has 106 valence electrons. The molecule has 0 aliphatic heterocycles. The Labute approximate surface area is 132 Å². The SMILES string of the molecule is O=C(Nc1ccccc1)c1cccc2sc3ccccc3c12. The highest BCUT2D eigenvalue weighted by Gasteiger charge is 2.14. The third-order valence-corrected chi connectivity index (χ3v) is 4.81. The first-order valence-electron chi connectivity index (χ1n) is 7.09. The van der Waals surface area contributed by atoms with Crippen LogP contribution in [0.3, 0.4) is 0 Å². The van der Waals surface area contributed by atoms with Gasteiger partial charge in [0.1, 0.15) is 0 Å². The average Bonchev–Trinajstić information content (AvgIpc) is 2.94. The van der Waals surface area contributed by atoms with E-state index >= 15 is 0 Å². The van der Waals surface area contributed by atoms with Gasteiger partial charge in [0.15, 0.2) is 0 Å². The number of nitrogens with one attached hydrogen (secondary N) is 1. The number of hydrogen-bond acceptors (Lipinski definition) is 2. The van der Waals surface area contributed by atoms with Crippen LogP contribution in [0.1, 0.15) is 10.4 Å². The molecule has 0 fully saturated rings. The van der Waals surface area contributed by atoms with E-state index in [-0.39, 0.29) is 5.91 Å². The number of carbonyl (C=O) groups is 1. The van der Waals surface area contributed by atoms with Crippen LogP contribution >= 0.6 is 11.3 Å². The lowest BCUT2D eigenvalue weighted by Gasteiger charge is -2.06. The lowest BCUT2D eigenvalue weighted by molar-refractivity contribution is 0.102. The van der Waals surface area contributed by atoms with Crippen LogP contribution < -0.4 is 5.32 Å². The van der Waals surface area contributed by atoms with Crippen molar-refractivity contribution >= 4 is 43.1 Å². The molecule has 0 radical (unpaired) electrons. The zero-order valence-corrected chi connectivity index (χ0v) is 12.6. The Morgan fingerprint density at radius 2 is 1.50 bits per heavy atom. The van der Waals surface area contributed by atoms with Crippen LogP contribution in [0.5, 0.6) is 0 Å². The summed E-state index contributed by atoms with van der Waals surface area (Å²) in [5, 5.41) is 5.15. The zero-order valence-electron chi connectivity index (χ0n) is 11.7. The number of benzene rings is 3. The Bertz CT molecular complexity index is 972. The van der Waals surface area contributed by atoms with Gasteiger partial charge in [-0.25, -0.2) is 0 Å². The summed E-state index contributed by atoms with van der Waals surface area (Å²) in [4.78, 5) is 12.7. The molecule has 3 aromatic carbocycles. The van der Waals surface area contributed by atoms with Crippen LogP contribution in [0, 0.1) is 0 Å². The second-order valence-electron chi connectivity index (χ2n) is 5.10. The minimum atomic E-state index is -0.0691. The van der Waals surface area contributed by atoms with Gasteiger partial charge in [-0.3, -0.25) is 4.79 Å². The summed E-state index contributed by atoms with van der Waals surface area (Å²) in [6.07, 6.45) is 0. The number of anilines is 1. The molecule has 0 saturated heterocycles. The Morgan fingerprint density at radius 3 is 2.36 bits per heavy atom. The van der Waals surface area contributed by atoms with Gasteiger partial charge in [-0.2, -0.15) is 0 Å². The summed E-state index contributed by atoms with van der Waals surface area (Å²) in [7, 11) is 0. The standard InChI is InChI=1S/C19H13NOS/c21-19(20-13-7-2-1-3-8-13)15-10-6-12-17-18(15)14-9-4-5-11-16(14)22-17/h1-12H,(H,20,21). The molecule has 22 heavy (non-hydrogen) atoms. The van der Waals surface area contributed by atoms with Gasteiger partial charge in [0.2, 0.25) is 0 Å². The average molecular weight is 303 g/mol. The molecule has 1 heterocycles. The van der Waals surface area contributed by atoms with E-state index in [0.29, 0.717) is 0 Å². The summed E-state index contributed by atoms with van der Waals surface area (Å²) in [6.45, 7) is 0. The van der Waals surface area contributed by atoms with Gasteiger partial charge in [-0.15, -0.1) is 11.3 Å². The smallest absolute Gasteiger partial charge is 0.256 e. The Morgan fingerprint density at radius 1 is 0.773 bits per heavy atom. The third-order valence-electron chi connectivity index (χ3n) is 3.68. The molecule has 1 amide bonds. The lowest BCUT2D eigenvalue weighted by Crippen LogP contribution is -2.11. The molecule has 4 rings (SSSR count). The molecule has 1 N–H and O–H groups in total. The van der Waals surface area contributed by atoms with Gasteiger partial charge in [0.05, 0.1) is 0 Å². The molecule has 4 aromatic rings. The fourth-order valence-electron chi connectivity index (χ4n) is 2.68. The molecule has 1 aromatic heterocycles. The quantitative estimate of drug-likeness (QED) is 0.534. The second kappa shape index (κ2) is 5.28. The fraction of sp³-hybridized carbons (Fsp3) is 0. The van der Waals surface area contributed by atoms with E-state index in [9.17, 15) is 4.79 Å². The van der Waals surface area contributed by atoms with Crippen LogP contribution in [-0.2, 0) is 0 Å². The summed E-state index contributed by atoms with van der Waals surface area (Å²) in [6, 6.07) is 23.7. The van der Waals surface area contributed by atoms with E-state index < -0.39 is 0 Å². The summed E-state index contributed by atoms with van der Waals surface area (Å²) in [5.74, 6) is -0.0691. The molecule has 0 bridgehead atoms. The molecule has 2 nitrogen and oxygen atoms in total. The van der Waals surface area contributed by atoms with Crippen LogP contribution in [0.4, 0.5) is 5.69 Å². The fourth-order valence-corrected chi connectivity index (χ4v) is 3.82. The first-order valence-corrected chi connectivity index (χ1v) is 7.91. The molecule has 0 unspecified atom stereocenters. The largest absolute Gasteiger partial charge is 0.322 e. The predicted molar refractivity (Wildman–Crippen MR) is 93.7 cm³/mol. The molecule has 0 spiro atoms. The van der Waals surface area contributed by atoms with Crippen LogP contribution in [0.2, 0.25) is 0 Å². The highest BCUT2D eigenvalue weighted by Crippen LogP contribution is 2.35. The summed E-state index contributed by atoms with van der Waals surface area (Å²) >= 11 is 1.72. The molecule has 0 aliphatic carbocycles. The van der Waals surface area contributed by atoms with Crippen molar-refractivity contribution < 1.29 is 4.79 Å². The van der Waals surface area contributed by atoms with Gasteiger partial charge < -0.3 is 5.32 Å². The maximum atomic E-state index is 12.7. The van der Waals surface area contributed by atoms with Crippen molar-refractivity contribution in [3.05, 3.63) is 78.4 Å². The third kappa shape index (κ3) is 2.16. The highest BCUT2D eigenvalue weighted by atomic mass is 32.1. The number of amides is 1. The summed E-state index contributed by atoms with van der Waals surface area (Å²) < 4.78 is 2.35. The molecule has 0 aliphatic rings. The lowest BCUT2D eigenvalue weighted by atomic mass is 10.1. The van der Waals surface area contributed by atoms with Gasteiger partial charge in [0.25, 0.3) is 5.91 Å². The van der Waals surface area contributed by atoms with Crippen LogP contribution in [-0.4, -0.2) is 5.91 Å².